The van der Waals surface area contributed by atoms with E-state index in [1.54, 1.807) is 0 Å². The lowest BCUT2D eigenvalue weighted by Gasteiger charge is -2.08. The van der Waals surface area contributed by atoms with E-state index in [2.05, 4.69) is 0 Å². The highest BCUT2D eigenvalue weighted by atomic mass is 16.3. The van der Waals surface area contributed by atoms with Gasteiger partial charge in [-0.05, 0) is 12.8 Å². The van der Waals surface area contributed by atoms with Crippen molar-refractivity contribution in [2.75, 3.05) is 6.61 Å². The minimum absolute atomic E-state index is 0.00898. The zero-order valence-corrected chi connectivity index (χ0v) is 6.33. The first kappa shape index (κ1) is 8.49. The summed E-state index contributed by atoms with van der Waals surface area (Å²) in [7, 11) is 0. The van der Waals surface area contributed by atoms with Crippen LogP contribution in [-0.4, -0.2) is 28.8 Å². The summed E-state index contributed by atoms with van der Waals surface area (Å²) < 4.78 is 0. The first-order chi connectivity index (χ1) is 5.15. The Morgan fingerprint density at radius 2 is 2.18 bits per heavy atom. The van der Waals surface area contributed by atoms with Crippen LogP contribution in [0.5, 0.6) is 0 Å². The van der Waals surface area contributed by atoms with Gasteiger partial charge in [0.15, 0.2) is 0 Å². The Labute approximate surface area is 65.5 Å². The molecule has 0 unspecified atom stereocenters. The van der Waals surface area contributed by atoms with E-state index < -0.39 is 6.10 Å². The van der Waals surface area contributed by atoms with Crippen LogP contribution in [0.4, 0.5) is 0 Å². The molecule has 1 aliphatic carbocycles. The van der Waals surface area contributed by atoms with Gasteiger partial charge in [0.25, 0.3) is 0 Å². The summed E-state index contributed by atoms with van der Waals surface area (Å²) in [6.07, 6.45) is 0.696. The summed E-state index contributed by atoms with van der Waals surface area (Å²) in [4.78, 5) is 0. The Balaban J connectivity index is 2.49. The molecule has 1 aliphatic rings. The van der Waals surface area contributed by atoms with Gasteiger partial charge in [-0.15, -0.1) is 0 Å². The molecule has 0 heterocycles. The summed E-state index contributed by atoms with van der Waals surface area (Å²) in [5.41, 5.74) is 5.27. The van der Waals surface area contributed by atoms with Crippen molar-refractivity contribution in [2.45, 2.75) is 18.9 Å². The molecule has 0 amide bonds. The maximum absolute atomic E-state index is 9.30. The molecule has 1 fully saturated rings. The molecule has 0 aromatic carbocycles. The molecule has 64 valence electrons. The highest BCUT2D eigenvalue weighted by Crippen LogP contribution is 2.30. The van der Waals surface area contributed by atoms with Crippen LogP contribution in [0.1, 0.15) is 12.8 Å². The van der Waals surface area contributed by atoms with Crippen LogP contribution >= 0.6 is 0 Å². The third-order valence-corrected chi connectivity index (χ3v) is 2.33. The van der Waals surface area contributed by atoms with E-state index in [9.17, 15) is 5.11 Å². The van der Waals surface area contributed by atoms with Crippen LogP contribution in [0.15, 0.2) is 0 Å². The second kappa shape index (κ2) is 3.19. The zero-order valence-electron chi connectivity index (χ0n) is 6.33. The topological polar surface area (TPSA) is 90.3 Å². The predicted molar refractivity (Wildman–Crippen MR) is 41.2 cm³/mol. The predicted octanol–water partition coefficient (Wildman–Crippen LogP) is -0.698. The molecule has 0 saturated heterocycles. The average molecular weight is 158 g/mol. The average Bonchev–Trinajstić information content (AvgIpc) is 2.31. The van der Waals surface area contributed by atoms with E-state index >= 15 is 0 Å². The summed E-state index contributed by atoms with van der Waals surface area (Å²) in [5.74, 6) is 0.0195. The lowest BCUT2D eigenvalue weighted by molar-refractivity contribution is 0.0907. The number of nitrogens with one attached hydrogen (secondary N) is 1. The van der Waals surface area contributed by atoms with Crippen molar-refractivity contribution in [3.63, 3.8) is 0 Å². The Kier molecular flexibility index (Phi) is 2.46. The van der Waals surface area contributed by atoms with Gasteiger partial charge in [-0.3, -0.25) is 5.41 Å². The molecular weight excluding hydrogens is 144 g/mol. The first-order valence-electron chi connectivity index (χ1n) is 3.78. The van der Waals surface area contributed by atoms with Crippen molar-refractivity contribution < 1.29 is 10.2 Å². The van der Waals surface area contributed by atoms with Gasteiger partial charge in [0.2, 0.25) is 0 Å². The number of nitrogens with two attached hydrogens (primary N) is 1. The molecular formula is C7H14N2O2. The number of aliphatic hydroxyl groups excluding tert-OH is 2. The normalized spacial score (nSPS) is 37.5. The standard InChI is InChI=1S/C7H14N2O2/c8-7(9)4-1-5(3-10)6(11)2-4/h4-6,10-11H,1-3H2,(H3,8,9)/t4-,5-,6+/m1/s1. The minimum atomic E-state index is -0.478. The van der Waals surface area contributed by atoms with E-state index in [1.807, 2.05) is 0 Å². The van der Waals surface area contributed by atoms with Gasteiger partial charge in [0, 0.05) is 18.4 Å². The molecule has 5 N–H and O–H groups in total. The third kappa shape index (κ3) is 1.70. The van der Waals surface area contributed by atoms with Gasteiger partial charge >= 0.3 is 0 Å². The Bertz CT molecular complexity index is 161. The lowest BCUT2D eigenvalue weighted by atomic mass is 10.0. The fourth-order valence-electron chi connectivity index (χ4n) is 1.55. The van der Waals surface area contributed by atoms with Crippen molar-refractivity contribution in [3.05, 3.63) is 0 Å². The van der Waals surface area contributed by atoms with Crippen LogP contribution in [0, 0.1) is 17.2 Å². The van der Waals surface area contributed by atoms with Crippen molar-refractivity contribution >= 4 is 5.84 Å². The van der Waals surface area contributed by atoms with Crippen LogP contribution in [0.2, 0.25) is 0 Å². The van der Waals surface area contributed by atoms with Gasteiger partial charge < -0.3 is 15.9 Å². The van der Waals surface area contributed by atoms with Crippen LogP contribution in [0.3, 0.4) is 0 Å². The van der Waals surface area contributed by atoms with E-state index in [1.165, 1.54) is 0 Å². The molecule has 0 spiro atoms. The summed E-state index contributed by atoms with van der Waals surface area (Å²) in [6.45, 7) is -0.00898. The van der Waals surface area contributed by atoms with E-state index in [0.717, 1.165) is 0 Å². The monoisotopic (exact) mass is 158 g/mol. The van der Waals surface area contributed by atoms with Gasteiger partial charge in [-0.1, -0.05) is 0 Å². The third-order valence-electron chi connectivity index (χ3n) is 2.33. The SMILES string of the molecule is N=C(N)[C@@H]1C[C@H](CO)[C@@H](O)C1. The number of aliphatic hydroxyl groups is 2. The second-order valence-corrected chi connectivity index (χ2v) is 3.13. The van der Waals surface area contributed by atoms with Crippen molar-refractivity contribution in [1.82, 2.24) is 0 Å². The van der Waals surface area contributed by atoms with E-state index in [4.69, 9.17) is 16.2 Å². The Morgan fingerprint density at radius 3 is 2.45 bits per heavy atom. The molecule has 1 saturated carbocycles. The molecule has 4 nitrogen and oxygen atoms in total. The molecule has 11 heavy (non-hydrogen) atoms. The number of rotatable bonds is 2. The summed E-state index contributed by atoms with van der Waals surface area (Å²) in [5, 5.41) is 25.2. The molecule has 0 radical (unpaired) electrons. The zero-order chi connectivity index (χ0) is 8.43. The number of hydrogen-bond donors (Lipinski definition) is 4. The van der Waals surface area contributed by atoms with Gasteiger partial charge in [-0.2, -0.15) is 0 Å². The molecule has 3 atom stereocenters. The van der Waals surface area contributed by atoms with Crippen molar-refractivity contribution in [2.24, 2.45) is 17.6 Å². The smallest absolute Gasteiger partial charge is 0.0938 e. The van der Waals surface area contributed by atoms with E-state index in [-0.39, 0.29) is 24.3 Å². The van der Waals surface area contributed by atoms with Crippen LogP contribution < -0.4 is 5.73 Å². The first-order valence-corrected chi connectivity index (χ1v) is 3.78. The molecule has 0 aromatic heterocycles. The fourth-order valence-corrected chi connectivity index (χ4v) is 1.55. The number of amidine groups is 1. The quantitative estimate of drug-likeness (QED) is 0.316. The van der Waals surface area contributed by atoms with Crippen LogP contribution in [0.25, 0.3) is 0 Å². The van der Waals surface area contributed by atoms with Gasteiger partial charge in [-0.25, -0.2) is 0 Å². The molecule has 0 aromatic rings. The highest BCUT2D eigenvalue weighted by Gasteiger charge is 2.33. The molecule has 4 heteroatoms. The summed E-state index contributed by atoms with van der Waals surface area (Å²) >= 11 is 0. The lowest BCUT2D eigenvalue weighted by Crippen LogP contribution is -2.20. The van der Waals surface area contributed by atoms with E-state index in [0.29, 0.717) is 12.8 Å². The molecule has 0 aliphatic heterocycles. The maximum Gasteiger partial charge on any atom is 0.0938 e. The molecule has 0 bridgehead atoms. The van der Waals surface area contributed by atoms with Crippen LogP contribution in [-0.2, 0) is 0 Å². The Hall–Kier alpha value is -0.610. The summed E-state index contributed by atoms with van der Waals surface area (Å²) in [6, 6.07) is 0. The van der Waals surface area contributed by atoms with Gasteiger partial charge in [0.05, 0.1) is 11.9 Å². The van der Waals surface area contributed by atoms with Crippen molar-refractivity contribution in [1.29, 1.82) is 5.41 Å². The fraction of sp³-hybridized carbons (Fsp3) is 0.857. The second-order valence-electron chi connectivity index (χ2n) is 3.13. The largest absolute Gasteiger partial charge is 0.396 e. The maximum atomic E-state index is 9.30. The van der Waals surface area contributed by atoms with Gasteiger partial charge in [0.1, 0.15) is 0 Å². The van der Waals surface area contributed by atoms with Crippen molar-refractivity contribution in [3.8, 4) is 0 Å². The highest BCUT2D eigenvalue weighted by molar-refractivity contribution is 5.79. The Morgan fingerprint density at radius 1 is 1.55 bits per heavy atom. The minimum Gasteiger partial charge on any atom is -0.396 e. The molecule has 1 rings (SSSR count). The number of hydrogen-bond acceptors (Lipinski definition) is 3.